The second-order valence-corrected chi connectivity index (χ2v) is 5.72. The number of aryl methyl sites for hydroxylation is 1. The second-order valence-electron chi connectivity index (χ2n) is 5.72. The van der Waals surface area contributed by atoms with Gasteiger partial charge < -0.3 is 16.2 Å². The van der Waals surface area contributed by atoms with Gasteiger partial charge in [-0.1, -0.05) is 24.3 Å². The third kappa shape index (κ3) is 3.58. The van der Waals surface area contributed by atoms with Crippen molar-refractivity contribution in [3.05, 3.63) is 53.3 Å². The summed E-state index contributed by atoms with van der Waals surface area (Å²) in [6, 6.07) is 11.7. The topological polar surface area (TPSA) is 127 Å². The van der Waals surface area contributed by atoms with Gasteiger partial charge >= 0.3 is 0 Å². The number of amidine groups is 1. The molecule has 1 aliphatic heterocycles. The quantitative estimate of drug-likeness (QED) is 0.853. The van der Waals surface area contributed by atoms with Crippen LogP contribution in [0.2, 0.25) is 0 Å². The van der Waals surface area contributed by atoms with Gasteiger partial charge in [-0.05, 0) is 30.0 Å². The maximum absolute atomic E-state index is 11.4. The molecular weight excluding hydrogens is 318 g/mol. The van der Waals surface area contributed by atoms with E-state index in [1.54, 1.807) is 6.07 Å². The summed E-state index contributed by atoms with van der Waals surface area (Å²) in [4.78, 5) is 19.6. The van der Waals surface area contributed by atoms with Crippen LogP contribution in [0, 0.1) is 11.3 Å². The van der Waals surface area contributed by atoms with Gasteiger partial charge in [0.1, 0.15) is 18.4 Å². The Labute approximate surface area is 144 Å². The molecule has 2 heterocycles. The fourth-order valence-electron chi connectivity index (χ4n) is 2.81. The first kappa shape index (κ1) is 16.5. The van der Waals surface area contributed by atoms with Crippen LogP contribution >= 0.6 is 0 Å². The van der Waals surface area contributed by atoms with Crippen molar-refractivity contribution in [1.82, 2.24) is 4.98 Å². The van der Waals surface area contributed by atoms with E-state index in [1.807, 2.05) is 24.3 Å². The highest BCUT2D eigenvalue weighted by molar-refractivity contribution is 5.92. The Morgan fingerprint density at radius 1 is 1.36 bits per heavy atom. The second kappa shape index (κ2) is 7.01. The lowest BCUT2D eigenvalue weighted by atomic mass is 9.93. The summed E-state index contributed by atoms with van der Waals surface area (Å²) in [6.07, 6.45) is 2.88. The Balaban J connectivity index is 1.94. The SMILES string of the molecule is N#Cc1cnc(C(N)=O)cc1-c1ccccc1CCC1COC(N)=N1. The minimum absolute atomic E-state index is 0.0297. The van der Waals surface area contributed by atoms with Gasteiger partial charge in [-0.15, -0.1) is 0 Å². The van der Waals surface area contributed by atoms with Crippen LogP contribution in [0.1, 0.15) is 28.0 Å². The lowest BCUT2D eigenvalue weighted by Gasteiger charge is -2.12. The van der Waals surface area contributed by atoms with Gasteiger partial charge in [-0.25, -0.2) is 9.98 Å². The molecule has 1 aliphatic rings. The monoisotopic (exact) mass is 335 g/mol. The third-order valence-electron chi connectivity index (χ3n) is 4.06. The predicted octanol–water partition coefficient (Wildman–Crippen LogP) is 1.37. The Bertz CT molecular complexity index is 885. The summed E-state index contributed by atoms with van der Waals surface area (Å²) < 4.78 is 5.17. The molecule has 1 aromatic carbocycles. The first-order valence-corrected chi connectivity index (χ1v) is 7.82. The van der Waals surface area contributed by atoms with Gasteiger partial charge in [-0.3, -0.25) is 4.79 Å². The molecule has 4 N–H and O–H groups in total. The molecule has 0 aliphatic carbocycles. The van der Waals surface area contributed by atoms with Crippen LogP contribution in [-0.4, -0.2) is 29.6 Å². The van der Waals surface area contributed by atoms with Gasteiger partial charge in [-0.2, -0.15) is 5.26 Å². The zero-order valence-electron chi connectivity index (χ0n) is 13.5. The van der Waals surface area contributed by atoms with E-state index in [1.165, 1.54) is 6.20 Å². The van der Waals surface area contributed by atoms with E-state index in [9.17, 15) is 10.1 Å². The van der Waals surface area contributed by atoms with Gasteiger partial charge in [0.2, 0.25) is 0 Å². The summed E-state index contributed by atoms with van der Waals surface area (Å²) in [5.74, 6) is -0.629. The Morgan fingerprint density at radius 2 is 2.16 bits per heavy atom. The molecule has 7 heteroatoms. The molecule has 2 aromatic rings. The van der Waals surface area contributed by atoms with Crippen molar-refractivity contribution in [2.24, 2.45) is 16.5 Å². The number of amides is 1. The highest BCUT2D eigenvalue weighted by Crippen LogP contribution is 2.28. The van der Waals surface area contributed by atoms with Crippen molar-refractivity contribution >= 4 is 11.9 Å². The number of aromatic nitrogens is 1. The number of primary amides is 1. The summed E-state index contributed by atoms with van der Waals surface area (Å²) in [5.41, 5.74) is 13.9. The molecule has 1 unspecified atom stereocenters. The molecule has 0 saturated heterocycles. The standard InChI is InChI=1S/C18H17N5O2/c19-8-12-9-22-16(17(20)24)7-15(12)14-4-2-1-3-11(14)5-6-13-10-25-18(21)23-13/h1-4,7,9,13H,5-6,10H2,(H2,20,24)(H2,21,23). The summed E-state index contributed by atoms with van der Waals surface area (Å²) in [7, 11) is 0. The van der Waals surface area contributed by atoms with Crippen LogP contribution < -0.4 is 11.5 Å². The maximum Gasteiger partial charge on any atom is 0.282 e. The highest BCUT2D eigenvalue weighted by atomic mass is 16.5. The van der Waals surface area contributed by atoms with Crippen LogP contribution in [0.5, 0.6) is 0 Å². The van der Waals surface area contributed by atoms with Gasteiger partial charge in [0, 0.05) is 11.8 Å². The minimum atomic E-state index is -0.629. The van der Waals surface area contributed by atoms with Crippen LogP contribution in [0.3, 0.4) is 0 Å². The average Bonchev–Trinajstić information content (AvgIpc) is 3.05. The number of nitrogens with two attached hydrogens (primary N) is 2. The Morgan fingerprint density at radius 3 is 2.84 bits per heavy atom. The zero-order valence-corrected chi connectivity index (χ0v) is 13.5. The molecule has 0 radical (unpaired) electrons. The third-order valence-corrected chi connectivity index (χ3v) is 4.06. The number of aliphatic imine (C=N–C) groups is 1. The molecule has 1 amide bonds. The molecule has 25 heavy (non-hydrogen) atoms. The fourth-order valence-corrected chi connectivity index (χ4v) is 2.81. The molecule has 3 rings (SSSR count). The van der Waals surface area contributed by atoms with Crippen LogP contribution in [0.15, 0.2) is 41.5 Å². The molecule has 0 spiro atoms. The molecule has 0 fully saturated rings. The minimum Gasteiger partial charge on any atom is -0.463 e. The number of nitrogens with zero attached hydrogens (tertiary/aromatic N) is 3. The van der Waals surface area contributed by atoms with E-state index >= 15 is 0 Å². The Kier molecular flexibility index (Phi) is 4.61. The number of ether oxygens (including phenoxy) is 1. The lowest BCUT2D eigenvalue weighted by molar-refractivity contribution is 0.0995. The van der Waals surface area contributed by atoms with Gasteiger partial charge in [0.25, 0.3) is 11.9 Å². The Hall–Kier alpha value is -3.40. The van der Waals surface area contributed by atoms with E-state index in [0.29, 0.717) is 17.7 Å². The van der Waals surface area contributed by atoms with Crippen LogP contribution in [-0.2, 0) is 11.2 Å². The van der Waals surface area contributed by atoms with Crippen molar-refractivity contribution in [2.75, 3.05) is 6.61 Å². The van der Waals surface area contributed by atoms with E-state index in [-0.39, 0.29) is 17.8 Å². The largest absolute Gasteiger partial charge is 0.463 e. The number of hydrogen-bond donors (Lipinski definition) is 2. The number of benzene rings is 1. The molecule has 0 saturated carbocycles. The summed E-state index contributed by atoms with van der Waals surface area (Å²) in [5, 5.41) is 9.38. The average molecular weight is 335 g/mol. The van der Waals surface area contributed by atoms with Crippen molar-refractivity contribution in [3.63, 3.8) is 0 Å². The fraction of sp³-hybridized carbons (Fsp3) is 0.222. The van der Waals surface area contributed by atoms with Crippen LogP contribution in [0.25, 0.3) is 11.1 Å². The number of carbonyl (C=O) groups is 1. The molecule has 126 valence electrons. The summed E-state index contributed by atoms with van der Waals surface area (Å²) in [6.45, 7) is 0.485. The molecule has 1 aromatic heterocycles. The molecule has 0 bridgehead atoms. The van der Waals surface area contributed by atoms with E-state index in [4.69, 9.17) is 16.2 Å². The molecule has 1 atom stereocenters. The van der Waals surface area contributed by atoms with Crippen LogP contribution in [0.4, 0.5) is 0 Å². The normalized spacial score (nSPS) is 16.0. The summed E-state index contributed by atoms with van der Waals surface area (Å²) >= 11 is 0. The molecule has 7 nitrogen and oxygen atoms in total. The van der Waals surface area contributed by atoms with E-state index in [0.717, 1.165) is 24.0 Å². The lowest BCUT2D eigenvalue weighted by Crippen LogP contribution is -2.13. The van der Waals surface area contributed by atoms with Crippen molar-refractivity contribution in [2.45, 2.75) is 18.9 Å². The van der Waals surface area contributed by atoms with Crippen molar-refractivity contribution in [1.29, 1.82) is 5.26 Å². The van der Waals surface area contributed by atoms with Crippen molar-refractivity contribution in [3.8, 4) is 17.2 Å². The van der Waals surface area contributed by atoms with Gasteiger partial charge in [0.05, 0.1) is 11.6 Å². The predicted molar refractivity (Wildman–Crippen MR) is 92.6 cm³/mol. The van der Waals surface area contributed by atoms with E-state index in [2.05, 4.69) is 16.0 Å². The number of carbonyl (C=O) groups excluding carboxylic acids is 1. The van der Waals surface area contributed by atoms with E-state index < -0.39 is 5.91 Å². The van der Waals surface area contributed by atoms with Crippen molar-refractivity contribution < 1.29 is 9.53 Å². The first-order valence-electron chi connectivity index (χ1n) is 7.82. The highest BCUT2D eigenvalue weighted by Gasteiger charge is 2.18. The van der Waals surface area contributed by atoms with Gasteiger partial charge in [0.15, 0.2) is 0 Å². The number of hydrogen-bond acceptors (Lipinski definition) is 6. The first-order chi connectivity index (χ1) is 12.1. The number of pyridine rings is 1. The molecular formula is C18H17N5O2. The smallest absolute Gasteiger partial charge is 0.282 e. The zero-order chi connectivity index (χ0) is 17.8. The number of nitriles is 1. The maximum atomic E-state index is 11.4. The number of rotatable bonds is 5.